The Morgan fingerprint density at radius 2 is 1.18 bits per heavy atom. The summed E-state index contributed by atoms with van der Waals surface area (Å²) in [6.07, 6.45) is 10.1. The van der Waals surface area contributed by atoms with E-state index in [0.717, 1.165) is 56.9 Å². The van der Waals surface area contributed by atoms with Crippen molar-refractivity contribution in [1.29, 1.82) is 0 Å². The van der Waals surface area contributed by atoms with Crippen molar-refractivity contribution in [3.05, 3.63) is 116 Å². The molecule has 0 atom stereocenters. The van der Waals surface area contributed by atoms with Crippen molar-refractivity contribution in [3.8, 4) is 22.5 Å². The number of benzene rings is 3. The lowest BCUT2D eigenvalue weighted by molar-refractivity contribution is -0.155. The van der Waals surface area contributed by atoms with E-state index in [4.69, 9.17) is 36.6 Å². The minimum absolute atomic E-state index is 0.0188. The van der Waals surface area contributed by atoms with Crippen molar-refractivity contribution in [1.82, 2.24) is 24.4 Å². The minimum Gasteiger partial charge on any atom is -0.462 e. The molecular formula is C52H65N11O10. The van der Waals surface area contributed by atoms with Gasteiger partial charge in [-0.25, -0.2) is 19.6 Å². The zero-order valence-corrected chi connectivity index (χ0v) is 41.9. The molecule has 0 aliphatic heterocycles. The van der Waals surface area contributed by atoms with Gasteiger partial charge in [-0.3, -0.25) is 28.3 Å². The quantitative estimate of drug-likeness (QED) is 0.00667. The first-order chi connectivity index (χ1) is 34.9. The lowest BCUT2D eigenvalue weighted by atomic mass is 10.1. The monoisotopic (exact) mass is 1000 g/mol. The number of hydrogen-bond acceptors (Lipinski definition) is 17. The fourth-order valence-corrected chi connectivity index (χ4v) is 7.16. The molecule has 0 radical (unpaired) electrons. The minimum atomic E-state index is -0.699. The Labute approximate surface area is 422 Å². The number of oxime groups is 1. The van der Waals surface area contributed by atoms with Crippen LogP contribution < -0.4 is 44.3 Å². The number of nitrogens with two attached hydrogens (primary N) is 3. The molecule has 0 unspecified atom stereocenters. The van der Waals surface area contributed by atoms with Gasteiger partial charge in [0.05, 0.1) is 48.1 Å². The van der Waals surface area contributed by atoms with Crippen LogP contribution >= 0.6 is 0 Å². The number of aromatic nitrogens is 4. The molecule has 10 N–H and O–H groups in total. The number of amidine groups is 1. The van der Waals surface area contributed by atoms with Crippen molar-refractivity contribution in [2.45, 2.75) is 123 Å². The summed E-state index contributed by atoms with van der Waals surface area (Å²) in [5, 5.41) is 20.8. The molecule has 2 heterocycles. The first kappa shape index (κ1) is 54.1. The van der Waals surface area contributed by atoms with Crippen molar-refractivity contribution in [3.63, 3.8) is 0 Å². The molecule has 0 bridgehead atoms. The summed E-state index contributed by atoms with van der Waals surface area (Å²) in [5.74, 6) is -1.68. The zero-order chi connectivity index (χ0) is 52.8. The van der Waals surface area contributed by atoms with Crippen LogP contribution in [0.5, 0.6) is 0 Å². The molecule has 5 aromatic rings. The third-order valence-electron chi connectivity index (χ3n) is 11.2. The Hall–Kier alpha value is -8.23. The number of carbonyl (C=O) groups excluding carboxylic acids is 4. The van der Waals surface area contributed by atoms with Crippen LogP contribution in [0, 0.1) is 0 Å². The number of rotatable bonds is 21. The van der Waals surface area contributed by atoms with Crippen LogP contribution in [0.3, 0.4) is 0 Å². The zero-order valence-electron chi connectivity index (χ0n) is 41.9. The maximum absolute atomic E-state index is 13.4. The Balaban J connectivity index is 0.000000243. The summed E-state index contributed by atoms with van der Waals surface area (Å²) >= 11 is 0. The Bertz CT molecular complexity index is 2940. The first-order valence-electron chi connectivity index (χ1n) is 24.3. The molecule has 2 aliphatic rings. The predicted molar refractivity (Wildman–Crippen MR) is 277 cm³/mol. The van der Waals surface area contributed by atoms with Crippen LogP contribution in [0.1, 0.15) is 118 Å². The number of amides is 1. The van der Waals surface area contributed by atoms with Gasteiger partial charge >= 0.3 is 17.9 Å². The molecule has 21 heteroatoms. The molecule has 2 aromatic heterocycles. The molecule has 3 aromatic carbocycles. The van der Waals surface area contributed by atoms with E-state index in [1.807, 2.05) is 13.8 Å². The number of ether oxygens (including phenoxy) is 3. The third-order valence-corrected chi connectivity index (χ3v) is 11.2. The average Bonchev–Trinajstić information content (AvgIpc) is 4.31. The molecular weight excluding hydrogens is 939 g/mol. The van der Waals surface area contributed by atoms with E-state index in [-0.39, 0.29) is 60.3 Å². The highest BCUT2D eigenvalue weighted by Gasteiger charge is 2.27. The molecule has 73 heavy (non-hydrogen) atoms. The van der Waals surface area contributed by atoms with Gasteiger partial charge in [0.15, 0.2) is 17.5 Å². The maximum Gasteiger partial charge on any atom is 0.338 e. The van der Waals surface area contributed by atoms with Crippen molar-refractivity contribution in [2.24, 2.45) is 10.9 Å². The second kappa shape index (κ2) is 24.7. The van der Waals surface area contributed by atoms with Gasteiger partial charge in [0.1, 0.15) is 18.7 Å². The van der Waals surface area contributed by atoms with Gasteiger partial charge in [-0.2, -0.15) is 0 Å². The average molecular weight is 1000 g/mol. The summed E-state index contributed by atoms with van der Waals surface area (Å²) in [4.78, 5) is 85.9. The maximum atomic E-state index is 13.4. The first-order valence-corrected chi connectivity index (χ1v) is 24.3. The van der Waals surface area contributed by atoms with Gasteiger partial charge in [-0.1, -0.05) is 56.1 Å². The summed E-state index contributed by atoms with van der Waals surface area (Å²) in [6.45, 7) is 9.48. The number of anilines is 4. The summed E-state index contributed by atoms with van der Waals surface area (Å²) in [5.41, 5.74) is 20.2. The van der Waals surface area contributed by atoms with E-state index in [0.29, 0.717) is 52.7 Å². The van der Waals surface area contributed by atoms with Crippen LogP contribution in [0.4, 0.5) is 23.0 Å². The second-order valence-corrected chi connectivity index (χ2v) is 18.8. The number of unbranched alkanes of at least 4 members (excludes halogenated alkanes) is 2. The molecule has 1 amide bonds. The van der Waals surface area contributed by atoms with Crippen LogP contribution in [-0.4, -0.2) is 84.9 Å². The van der Waals surface area contributed by atoms with Gasteiger partial charge < -0.3 is 52.6 Å². The lowest BCUT2D eigenvalue weighted by Crippen LogP contribution is -2.34. The number of nitrogens with one attached hydrogen (secondary N) is 3. The van der Waals surface area contributed by atoms with E-state index >= 15 is 0 Å². The highest BCUT2D eigenvalue weighted by atomic mass is 16.6. The molecule has 0 spiro atoms. The number of carbonyl (C=O) groups is 4. The normalized spacial score (nSPS) is 13.2. The van der Waals surface area contributed by atoms with Gasteiger partial charge in [0.25, 0.3) is 11.1 Å². The molecule has 21 nitrogen and oxygen atoms in total. The van der Waals surface area contributed by atoms with E-state index in [2.05, 4.69) is 31.1 Å². The fourth-order valence-electron chi connectivity index (χ4n) is 7.16. The highest BCUT2D eigenvalue weighted by Crippen LogP contribution is 2.28. The number of nitrogens with zero attached hydrogens (tertiary/aromatic N) is 5. The highest BCUT2D eigenvalue weighted by molar-refractivity contribution is 5.97. The molecule has 7 rings (SSSR count). The van der Waals surface area contributed by atoms with Gasteiger partial charge in [-0.15, -0.1) is 0 Å². The van der Waals surface area contributed by atoms with E-state index in [1.54, 1.807) is 69.3 Å². The molecule has 2 saturated carbocycles. The topological polar surface area (TPSA) is 312 Å². The van der Waals surface area contributed by atoms with Gasteiger partial charge in [0.2, 0.25) is 5.91 Å². The third kappa shape index (κ3) is 15.9. The summed E-state index contributed by atoms with van der Waals surface area (Å²) < 4.78 is 18.7. The Morgan fingerprint density at radius 3 is 1.60 bits per heavy atom. The molecule has 2 fully saturated rings. The van der Waals surface area contributed by atoms with Crippen molar-refractivity contribution < 1.29 is 38.6 Å². The van der Waals surface area contributed by atoms with Crippen LogP contribution in [0.25, 0.3) is 22.5 Å². The number of hydrogen-bond donors (Lipinski definition) is 7. The summed E-state index contributed by atoms with van der Waals surface area (Å²) in [6, 6.07) is 16.6. The molecule has 388 valence electrons. The molecule has 0 saturated heterocycles. The fraction of sp³-hybridized carbons (Fsp3) is 0.404. The SMILES string of the molecule is CCCCOC(=O)c1cc(N)cc(-c2cnc(NC3CC3)c(=O)n2CC(=O)NCc2ccc(/C(N)=N/O)cc2)c1.CCCCOC(=O)c1cc(N)cc(-c2cnc(NC3CC3)c(=O)n2CC(=O)OC(C)(C)C)c1. The molecule has 2 aliphatic carbocycles. The Kier molecular flexibility index (Phi) is 18.3. The lowest BCUT2D eigenvalue weighted by Gasteiger charge is -2.21. The predicted octanol–water partition coefficient (Wildman–Crippen LogP) is 5.80. The number of esters is 3. The standard InChI is InChI=1S/C28H33N7O5.C24H32N4O5/c1-2-3-10-40-28(38)20-11-19(12-21(29)13-20)23-15-32-26(33-22-8-9-22)27(37)35(23)16-24(36)31-14-17-4-6-18(7-5-17)25(30)34-39;1-5-6-9-32-23(31)16-10-15(11-17(25)12-16)19-13-26-21(27-18-7-8-18)22(30)28(19)14-20(29)33-24(2,3)4/h4-7,11-13,15,22,39H,2-3,8-10,14,16,29H2,1H3,(H2,30,34)(H,31,36)(H,32,33);10-13,18H,5-9,14,25H2,1-4H3,(H,26,27). The van der Waals surface area contributed by atoms with Crippen LogP contribution in [0.2, 0.25) is 0 Å². The number of nitrogen functional groups attached to an aromatic ring is 2. The van der Waals surface area contributed by atoms with E-state index in [1.165, 1.54) is 33.7 Å². The van der Waals surface area contributed by atoms with E-state index in [9.17, 15) is 28.8 Å². The van der Waals surface area contributed by atoms with Crippen LogP contribution in [-0.2, 0) is 43.4 Å². The van der Waals surface area contributed by atoms with Gasteiger partial charge in [-0.05, 0) is 101 Å². The van der Waals surface area contributed by atoms with Crippen molar-refractivity contribution >= 4 is 52.7 Å². The Morgan fingerprint density at radius 1 is 0.712 bits per heavy atom. The van der Waals surface area contributed by atoms with Crippen LogP contribution in [0.15, 0.2) is 87.8 Å². The largest absolute Gasteiger partial charge is 0.462 e. The van der Waals surface area contributed by atoms with E-state index < -0.39 is 40.5 Å². The smallest absolute Gasteiger partial charge is 0.338 e. The second-order valence-electron chi connectivity index (χ2n) is 18.8. The van der Waals surface area contributed by atoms with Gasteiger partial charge in [0, 0.05) is 46.7 Å². The van der Waals surface area contributed by atoms with Crippen molar-refractivity contribution in [2.75, 3.05) is 35.3 Å². The summed E-state index contributed by atoms with van der Waals surface area (Å²) in [7, 11) is 0.